The Kier molecular flexibility index (Phi) is 2.90. The lowest BCUT2D eigenvalue weighted by Crippen LogP contribution is -2.05. The van der Waals surface area contributed by atoms with E-state index in [1.165, 1.54) is 19.4 Å². The second kappa shape index (κ2) is 4.25. The first-order valence-electron chi connectivity index (χ1n) is 4.98. The van der Waals surface area contributed by atoms with Crippen molar-refractivity contribution in [3.05, 3.63) is 30.0 Å². The van der Waals surface area contributed by atoms with Gasteiger partial charge in [0.2, 0.25) is 0 Å². The summed E-state index contributed by atoms with van der Waals surface area (Å²) < 4.78 is 43.0. The van der Waals surface area contributed by atoms with Crippen LogP contribution in [0, 0.1) is 0 Å². The van der Waals surface area contributed by atoms with E-state index in [-0.39, 0.29) is 11.4 Å². The van der Waals surface area contributed by atoms with Gasteiger partial charge < -0.3 is 10.5 Å². The van der Waals surface area contributed by atoms with Gasteiger partial charge in [-0.05, 0) is 18.2 Å². The van der Waals surface area contributed by atoms with E-state index in [1.807, 2.05) is 0 Å². The molecule has 0 unspecified atom stereocenters. The fraction of sp³-hybridized carbons (Fsp3) is 0.182. The van der Waals surface area contributed by atoms with Crippen molar-refractivity contribution in [1.82, 2.24) is 10.2 Å². The Hall–Kier alpha value is -2.18. The molecule has 0 fully saturated rings. The fourth-order valence-electron chi connectivity index (χ4n) is 1.61. The van der Waals surface area contributed by atoms with E-state index < -0.39 is 11.7 Å². The van der Waals surface area contributed by atoms with Crippen molar-refractivity contribution in [3.8, 4) is 16.9 Å². The molecule has 0 atom stereocenters. The first kappa shape index (κ1) is 12.3. The van der Waals surface area contributed by atoms with Crippen molar-refractivity contribution in [1.29, 1.82) is 0 Å². The summed E-state index contributed by atoms with van der Waals surface area (Å²) in [5, 5.41) is 6.15. The van der Waals surface area contributed by atoms with E-state index in [0.717, 1.165) is 12.1 Å². The number of nitrogens with one attached hydrogen (secondary N) is 1. The molecule has 0 spiro atoms. The lowest BCUT2D eigenvalue weighted by atomic mass is 10.0. The molecule has 0 saturated carbocycles. The van der Waals surface area contributed by atoms with Crippen LogP contribution >= 0.6 is 0 Å². The zero-order valence-corrected chi connectivity index (χ0v) is 9.38. The number of benzene rings is 1. The number of anilines is 1. The predicted octanol–water partition coefficient (Wildman–Crippen LogP) is 2.69. The molecule has 4 nitrogen and oxygen atoms in total. The number of methoxy groups -OCH3 is 1. The maximum atomic E-state index is 12.7. The van der Waals surface area contributed by atoms with Crippen LogP contribution in [0.25, 0.3) is 11.1 Å². The van der Waals surface area contributed by atoms with Crippen LogP contribution in [-0.4, -0.2) is 17.3 Å². The van der Waals surface area contributed by atoms with E-state index in [0.29, 0.717) is 11.3 Å². The molecule has 96 valence electrons. The van der Waals surface area contributed by atoms with Gasteiger partial charge in [0.15, 0.2) is 0 Å². The van der Waals surface area contributed by atoms with Crippen LogP contribution in [0.15, 0.2) is 24.4 Å². The summed E-state index contributed by atoms with van der Waals surface area (Å²) in [6.45, 7) is 0. The number of hydrogen-bond donors (Lipinski definition) is 2. The number of nitrogens with zero attached hydrogens (tertiary/aromatic N) is 1. The van der Waals surface area contributed by atoms with E-state index in [9.17, 15) is 13.2 Å². The average Bonchev–Trinajstić information content (AvgIpc) is 2.73. The summed E-state index contributed by atoms with van der Waals surface area (Å²) in [6, 6.07) is 3.20. The molecule has 0 amide bonds. The number of aromatic nitrogens is 2. The van der Waals surface area contributed by atoms with Crippen molar-refractivity contribution in [2.24, 2.45) is 0 Å². The summed E-state index contributed by atoms with van der Waals surface area (Å²) in [7, 11) is 1.38. The molecule has 2 aromatic rings. The minimum Gasteiger partial charge on any atom is -0.496 e. The number of nitrogens with two attached hydrogens (primary N) is 1. The minimum absolute atomic E-state index is 0.188. The molecule has 1 aromatic carbocycles. The largest absolute Gasteiger partial charge is 0.496 e. The molecule has 0 aliphatic heterocycles. The van der Waals surface area contributed by atoms with Gasteiger partial charge in [-0.25, -0.2) is 0 Å². The van der Waals surface area contributed by atoms with Crippen LogP contribution in [-0.2, 0) is 6.18 Å². The Labute approximate surface area is 101 Å². The lowest BCUT2D eigenvalue weighted by molar-refractivity contribution is -0.137. The smallest absolute Gasteiger partial charge is 0.416 e. The van der Waals surface area contributed by atoms with Crippen LogP contribution in [0.2, 0.25) is 0 Å². The molecule has 7 heteroatoms. The molecule has 0 bridgehead atoms. The number of nitrogen functional groups attached to an aromatic ring is 1. The zero-order chi connectivity index (χ0) is 13.3. The van der Waals surface area contributed by atoms with Crippen LogP contribution < -0.4 is 10.5 Å². The van der Waals surface area contributed by atoms with Gasteiger partial charge in [-0.2, -0.15) is 18.3 Å². The summed E-state index contributed by atoms with van der Waals surface area (Å²) in [4.78, 5) is 0. The third-order valence-electron chi connectivity index (χ3n) is 2.49. The molecule has 0 aliphatic rings. The number of alkyl halides is 3. The molecular weight excluding hydrogens is 247 g/mol. The first-order valence-corrected chi connectivity index (χ1v) is 4.98. The van der Waals surface area contributed by atoms with E-state index in [1.54, 1.807) is 0 Å². The maximum absolute atomic E-state index is 12.7. The normalized spacial score (nSPS) is 11.6. The van der Waals surface area contributed by atoms with Gasteiger partial charge in [0.1, 0.15) is 11.6 Å². The molecule has 2 rings (SSSR count). The molecule has 0 radical (unpaired) electrons. The van der Waals surface area contributed by atoms with Crippen molar-refractivity contribution in [2.75, 3.05) is 12.8 Å². The lowest BCUT2D eigenvalue weighted by Gasteiger charge is -2.12. The SMILES string of the molecule is COc1ccc(C(F)(F)F)cc1-c1cn[nH]c1N. The highest BCUT2D eigenvalue weighted by Gasteiger charge is 2.31. The summed E-state index contributed by atoms with van der Waals surface area (Å²) >= 11 is 0. The van der Waals surface area contributed by atoms with Crippen molar-refractivity contribution in [2.45, 2.75) is 6.18 Å². The third kappa shape index (κ3) is 2.11. The molecule has 0 saturated heterocycles. The van der Waals surface area contributed by atoms with Gasteiger partial charge in [-0.3, -0.25) is 5.10 Å². The number of rotatable bonds is 2. The molecule has 1 heterocycles. The number of ether oxygens (including phenoxy) is 1. The van der Waals surface area contributed by atoms with Crippen LogP contribution in [0.1, 0.15) is 5.56 Å². The zero-order valence-electron chi connectivity index (χ0n) is 9.38. The highest BCUT2D eigenvalue weighted by Crippen LogP contribution is 2.38. The number of aromatic amines is 1. The van der Waals surface area contributed by atoms with Gasteiger partial charge in [0.25, 0.3) is 0 Å². The molecule has 1 aromatic heterocycles. The second-order valence-corrected chi connectivity index (χ2v) is 3.61. The van der Waals surface area contributed by atoms with Gasteiger partial charge >= 0.3 is 6.18 Å². The predicted molar refractivity (Wildman–Crippen MR) is 60.0 cm³/mol. The quantitative estimate of drug-likeness (QED) is 0.869. The number of H-pyrrole nitrogens is 1. The average molecular weight is 257 g/mol. The van der Waals surface area contributed by atoms with Gasteiger partial charge in [0.05, 0.1) is 18.9 Å². The molecule has 18 heavy (non-hydrogen) atoms. The fourth-order valence-corrected chi connectivity index (χ4v) is 1.61. The van der Waals surface area contributed by atoms with E-state index in [4.69, 9.17) is 10.5 Å². The summed E-state index contributed by atoms with van der Waals surface area (Å²) in [5.41, 5.74) is 5.46. The van der Waals surface area contributed by atoms with Crippen molar-refractivity contribution < 1.29 is 17.9 Å². The second-order valence-electron chi connectivity index (χ2n) is 3.61. The molecule has 3 N–H and O–H groups in total. The van der Waals surface area contributed by atoms with Gasteiger partial charge in [-0.15, -0.1) is 0 Å². The van der Waals surface area contributed by atoms with E-state index >= 15 is 0 Å². The monoisotopic (exact) mass is 257 g/mol. The topological polar surface area (TPSA) is 63.9 Å². The Morgan fingerprint density at radius 2 is 2.00 bits per heavy atom. The number of hydrogen-bond acceptors (Lipinski definition) is 3. The van der Waals surface area contributed by atoms with Gasteiger partial charge in [-0.1, -0.05) is 0 Å². The highest BCUT2D eigenvalue weighted by molar-refractivity contribution is 5.78. The third-order valence-corrected chi connectivity index (χ3v) is 2.49. The Morgan fingerprint density at radius 3 is 2.50 bits per heavy atom. The minimum atomic E-state index is -4.42. The molecule has 0 aliphatic carbocycles. The maximum Gasteiger partial charge on any atom is 0.416 e. The molecular formula is C11H10F3N3O. The summed E-state index contributed by atoms with van der Waals surface area (Å²) in [5.74, 6) is 0.490. The first-order chi connectivity index (χ1) is 8.43. The van der Waals surface area contributed by atoms with Crippen LogP contribution in [0.3, 0.4) is 0 Å². The van der Waals surface area contributed by atoms with Crippen LogP contribution in [0.4, 0.5) is 19.0 Å². The van der Waals surface area contributed by atoms with Crippen molar-refractivity contribution >= 4 is 5.82 Å². The van der Waals surface area contributed by atoms with Crippen LogP contribution in [0.5, 0.6) is 5.75 Å². The standard InChI is InChI=1S/C11H10F3N3O/c1-18-9-3-2-6(11(12,13)14)4-7(9)8-5-16-17-10(8)15/h2-5H,1H3,(H3,15,16,17). The Balaban J connectivity index is 2.61. The number of halogens is 3. The Morgan fingerprint density at radius 1 is 1.28 bits per heavy atom. The van der Waals surface area contributed by atoms with E-state index in [2.05, 4.69) is 10.2 Å². The van der Waals surface area contributed by atoms with Crippen molar-refractivity contribution in [3.63, 3.8) is 0 Å². The summed E-state index contributed by atoms with van der Waals surface area (Å²) in [6.07, 6.45) is -3.06. The highest BCUT2D eigenvalue weighted by atomic mass is 19.4. The Bertz CT molecular complexity index is 563. The van der Waals surface area contributed by atoms with Gasteiger partial charge in [0, 0.05) is 11.1 Å².